The van der Waals surface area contributed by atoms with Gasteiger partial charge in [0.1, 0.15) is 11.6 Å². The molecule has 66 valence electrons. The molecule has 0 fully saturated rings. The summed E-state index contributed by atoms with van der Waals surface area (Å²) in [7, 11) is 1.76. The monoisotopic (exact) mass is 233 g/mol. The van der Waals surface area contributed by atoms with Crippen LogP contribution in [0.1, 0.15) is 5.56 Å². The van der Waals surface area contributed by atoms with E-state index in [1.807, 2.05) is 0 Å². The smallest absolute Gasteiger partial charge is 0.141 e. The molecule has 4 heteroatoms. The number of phenols is 1. The van der Waals surface area contributed by atoms with Crippen molar-refractivity contribution in [1.82, 2.24) is 5.32 Å². The maximum atomic E-state index is 12.8. The Bertz CT molecular complexity index is 291. The largest absolute Gasteiger partial charge is 0.508 e. The van der Waals surface area contributed by atoms with E-state index in [-0.39, 0.29) is 5.75 Å². The van der Waals surface area contributed by atoms with Crippen LogP contribution < -0.4 is 5.32 Å². The first kappa shape index (κ1) is 9.48. The number of rotatable bonds is 2. The summed E-state index contributed by atoms with van der Waals surface area (Å²) in [5.74, 6) is -0.475. The van der Waals surface area contributed by atoms with Gasteiger partial charge in [-0.3, -0.25) is 0 Å². The highest BCUT2D eigenvalue weighted by Crippen LogP contribution is 2.24. The molecule has 0 saturated heterocycles. The molecule has 0 amide bonds. The molecule has 0 aliphatic rings. The predicted molar refractivity (Wildman–Crippen MR) is 48.5 cm³/mol. The lowest BCUT2D eigenvalue weighted by Gasteiger charge is -2.04. The van der Waals surface area contributed by atoms with Gasteiger partial charge in [0.05, 0.1) is 4.47 Å². The van der Waals surface area contributed by atoms with Crippen molar-refractivity contribution in [3.63, 3.8) is 0 Å². The number of hydrogen-bond acceptors (Lipinski definition) is 2. The SMILES string of the molecule is CNCc1cc(Br)c(F)cc1O. The van der Waals surface area contributed by atoms with Crippen molar-refractivity contribution in [1.29, 1.82) is 0 Å². The Hall–Kier alpha value is -0.610. The van der Waals surface area contributed by atoms with Crippen molar-refractivity contribution in [2.24, 2.45) is 0 Å². The van der Waals surface area contributed by atoms with Gasteiger partial charge in [0.2, 0.25) is 0 Å². The Labute approximate surface area is 78.5 Å². The molecular formula is C8H9BrFNO. The van der Waals surface area contributed by atoms with Gasteiger partial charge < -0.3 is 10.4 Å². The molecule has 12 heavy (non-hydrogen) atoms. The topological polar surface area (TPSA) is 32.3 Å². The van der Waals surface area contributed by atoms with Crippen LogP contribution in [-0.2, 0) is 6.54 Å². The highest BCUT2D eigenvalue weighted by Gasteiger charge is 2.05. The molecule has 2 nitrogen and oxygen atoms in total. The average molecular weight is 234 g/mol. The standard InChI is InChI=1S/C8H9BrFNO/c1-11-4-5-2-6(9)7(10)3-8(5)12/h2-3,11-12H,4H2,1H3. The van der Waals surface area contributed by atoms with Crippen LogP contribution in [0.15, 0.2) is 16.6 Å². The van der Waals surface area contributed by atoms with Gasteiger partial charge in [-0.05, 0) is 29.0 Å². The summed E-state index contributed by atoms with van der Waals surface area (Å²) in [4.78, 5) is 0. The highest BCUT2D eigenvalue weighted by molar-refractivity contribution is 9.10. The molecule has 1 aromatic carbocycles. The maximum absolute atomic E-state index is 12.8. The predicted octanol–water partition coefficient (Wildman–Crippen LogP) is 2.01. The van der Waals surface area contributed by atoms with E-state index in [1.54, 1.807) is 13.1 Å². The lowest BCUT2D eigenvalue weighted by Crippen LogP contribution is -2.05. The number of halogens is 2. The fraction of sp³-hybridized carbons (Fsp3) is 0.250. The minimum Gasteiger partial charge on any atom is -0.508 e. The third kappa shape index (κ3) is 1.95. The summed E-state index contributed by atoms with van der Waals surface area (Å²) in [6.07, 6.45) is 0. The maximum Gasteiger partial charge on any atom is 0.141 e. The molecule has 0 atom stereocenters. The van der Waals surface area contributed by atoms with Gasteiger partial charge in [-0.15, -0.1) is 0 Å². The molecule has 0 aliphatic heterocycles. The van der Waals surface area contributed by atoms with E-state index in [1.165, 1.54) is 0 Å². The summed E-state index contributed by atoms with van der Waals surface area (Å²) in [5, 5.41) is 12.1. The van der Waals surface area contributed by atoms with E-state index in [9.17, 15) is 9.50 Å². The summed E-state index contributed by atoms with van der Waals surface area (Å²) < 4.78 is 13.1. The fourth-order valence-corrected chi connectivity index (χ4v) is 1.30. The Morgan fingerprint density at radius 2 is 2.25 bits per heavy atom. The van der Waals surface area contributed by atoms with Crippen LogP contribution in [0.2, 0.25) is 0 Å². The summed E-state index contributed by atoms with van der Waals surface area (Å²) in [6, 6.07) is 2.65. The molecule has 2 N–H and O–H groups in total. The number of benzene rings is 1. The van der Waals surface area contributed by atoms with E-state index < -0.39 is 5.82 Å². The second kappa shape index (κ2) is 3.87. The highest BCUT2D eigenvalue weighted by atomic mass is 79.9. The first-order valence-corrected chi connectivity index (χ1v) is 4.26. The van der Waals surface area contributed by atoms with Crippen LogP contribution in [0.3, 0.4) is 0 Å². The van der Waals surface area contributed by atoms with Crippen LogP contribution in [-0.4, -0.2) is 12.2 Å². The molecule has 0 bridgehead atoms. The quantitative estimate of drug-likeness (QED) is 0.820. The third-order valence-electron chi connectivity index (χ3n) is 1.49. The van der Waals surface area contributed by atoms with E-state index in [4.69, 9.17) is 0 Å². The Morgan fingerprint density at radius 3 is 2.83 bits per heavy atom. The molecule has 0 spiro atoms. The first-order chi connectivity index (χ1) is 5.65. The third-order valence-corrected chi connectivity index (χ3v) is 2.10. The average Bonchev–Trinajstić information content (AvgIpc) is 2.01. The molecule has 0 heterocycles. The van der Waals surface area contributed by atoms with Crippen LogP contribution in [0.4, 0.5) is 4.39 Å². The van der Waals surface area contributed by atoms with E-state index in [0.717, 1.165) is 6.07 Å². The van der Waals surface area contributed by atoms with Crippen LogP contribution in [0.25, 0.3) is 0 Å². The van der Waals surface area contributed by atoms with Crippen LogP contribution >= 0.6 is 15.9 Å². The van der Waals surface area contributed by atoms with Crippen molar-refractivity contribution in [3.05, 3.63) is 28.0 Å². The Balaban J connectivity index is 3.05. The summed E-state index contributed by atoms with van der Waals surface area (Å²) >= 11 is 3.04. The van der Waals surface area contributed by atoms with Gasteiger partial charge in [0.15, 0.2) is 0 Å². The van der Waals surface area contributed by atoms with Crippen LogP contribution in [0.5, 0.6) is 5.75 Å². The van der Waals surface area contributed by atoms with Crippen molar-refractivity contribution >= 4 is 15.9 Å². The molecule has 0 saturated carbocycles. The zero-order valence-corrected chi connectivity index (χ0v) is 8.15. The normalized spacial score (nSPS) is 10.2. The van der Waals surface area contributed by atoms with Gasteiger partial charge in [-0.2, -0.15) is 0 Å². The number of nitrogens with one attached hydrogen (secondary N) is 1. The van der Waals surface area contributed by atoms with Gasteiger partial charge in [-0.25, -0.2) is 4.39 Å². The van der Waals surface area contributed by atoms with Gasteiger partial charge in [-0.1, -0.05) is 0 Å². The molecule has 0 aromatic heterocycles. The zero-order chi connectivity index (χ0) is 9.14. The molecule has 1 rings (SSSR count). The minimum absolute atomic E-state index is 0.0231. The molecular weight excluding hydrogens is 225 g/mol. The number of phenolic OH excluding ortho intramolecular Hbond substituents is 1. The van der Waals surface area contributed by atoms with E-state index in [2.05, 4.69) is 21.2 Å². The zero-order valence-electron chi connectivity index (χ0n) is 6.56. The van der Waals surface area contributed by atoms with Crippen molar-refractivity contribution in [2.45, 2.75) is 6.54 Å². The first-order valence-electron chi connectivity index (χ1n) is 3.46. The second-order valence-corrected chi connectivity index (χ2v) is 3.28. The number of hydrogen-bond donors (Lipinski definition) is 2. The molecule has 0 radical (unpaired) electrons. The Morgan fingerprint density at radius 1 is 1.58 bits per heavy atom. The van der Waals surface area contributed by atoms with E-state index in [0.29, 0.717) is 16.6 Å². The Kier molecular flexibility index (Phi) is 3.05. The van der Waals surface area contributed by atoms with Crippen LogP contribution in [0, 0.1) is 5.82 Å². The second-order valence-electron chi connectivity index (χ2n) is 2.43. The lowest BCUT2D eigenvalue weighted by atomic mass is 10.2. The summed E-state index contributed by atoms with van der Waals surface area (Å²) in [5.41, 5.74) is 0.672. The fourth-order valence-electron chi connectivity index (χ4n) is 0.910. The molecule has 0 aliphatic carbocycles. The van der Waals surface area contributed by atoms with Gasteiger partial charge >= 0.3 is 0 Å². The minimum atomic E-state index is -0.452. The van der Waals surface area contributed by atoms with Crippen molar-refractivity contribution in [3.8, 4) is 5.75 Å². The van der Waals surface area contributed by atoms with Gasteiger partial charge in [0.25, 0.3) is 0 Å². The van der Waals surface area contributed by atoms with E-state index >= 15 is 0 Å². The molecule has 1 aromatic rings. The van der Waals surface area contributed by atoms with Crippen molar-refractivity contribution < 1.29 is 9.50 Å². The van der Waals surface area contributed by atoms with Crippen molar-refractivity contribution in [2.75, 3.05) is 7.05 Å². The lowest BCUT2D eigenvalue weighted by molar-refractivity contribution is 0.459. The summed E-state index contributed by atoms with van der Waals surface area (Å²) in [6.45, 7) is 0.519. The molecule has 0 unspecified atom stereocenters. The number of aromatic hydroxyl groups is 1. The van der Waals surface area contributed by atoms with Gasteiger partial charge in [0, 0.05) is 18.2 Å².